The number of alkyl carbamates (subject to hydrolysis) is 1. The van der Waals surface area contributed by atoms with Gasteiger partial charge >= 0.3 is 6.09 Å². The van der Waals surface area contributed by atoms with E-state index in [0.29, 0.717) is 22.4 Å². The van der Waals surface area contributed by atoms with Crippen molar-refractivity contribution in [3.05, 3.63) is 102 Å². The molecule has 0 aromatic heterocycles. The van der Waals surface area contributed by atoms with E-state index in [1.165, 1.54) is 23.1 Å². The molecular weight excluding hydrogens is 558 g/mol. The summed E-state index contributed by atoms with van der Waals surface area (Å²) in [5.74, 6) is -0.828. The Kier molecular flexibility index (Phi) is 9.78. The lowest BCUT2D eigenvalue weighted by Crippen LogP contribution is -2.53. The molecule has 9 nitrogen and oxygen atoms in total. The summed E-state index contributed by atoms with van der Waals surface area (Å²) in [6, 6.07) is 22.3. The molecule has 230 valence electrons. The van der Waals surface area contributed by atoms with E-state index in [9.17, 15) is 24.6 Å². The molecule has 0 fully saturated rings. The third-order valence-electron chi connectivity index (χ3n) is 7.10. The molecule has 4 rings (SSSR count). The summed E-state index contributed by atoms with van der Waals surface area (Å²) in [5.41, 5.74) is 1.49. The number of anilines is 1. The molecule has 0 bridgehead atoms. The standard InChI is InChI=1S/C35H39N3O6/c1-6-38(33(42)29(37-34(43)44-35(3,4)5)20-23-11-16-28(39)17-12-23)31(26-14-18-30(40)22(2)19-26)32(41)36-27-15-13-24-9-7-8-10-25(24)21-27/h7-19,21,29,31,39-40H,6,20H2,1-5H3,(H,36,41)(H,37,43). The van der Waals surface area contributed by atoms with Crippen LogP contribution in [0.25, 0.3) is 10.8 Å². The molecule has 3 amide bonds. The van der Waals surface area contributed by atoms with Gasteiger partial charge in [-0.15, -0.1) is 0 Å². The number of rotatable bonds is 9. The highest BCUT2D eigenvalue weighted by molar-refractivity contribution is 6.00. The first-order chi connectivity index (χ1) is 20.8. The largest absolute Gasteiger partial charge is 0.508 e. The number of phenols is 2. The molecule has 0 aliphatic carbocycles. The van der Waals surface area contributed by atoms with Crippen molar-refractivity contribution in [1.82, 2.24) is 10.2 Å². The number of amides is 3. The van der Waals surface area contributed by atoms with Crippen LogP contribution in [0.1, 0.15) is 50.4 Å². The van der Waals surface area contributed by atoms with Gasteiger partial charge in [0, 0.05) is 18.7 Å². The second-order valence-corrected chi connectivity index (χ2v) is 11.7. The summed E-state index contributed by atoms with van der Waals surface area (Å²) in [5, 5.41) is 27.6. The zero-order valence-electron chi connectivity index (χ0n) is 25.6. The van der Waals surface area contributed by atoms with Gasteiger partial charge in [-0.2, -0.15) is 0 Å². The zero-order chi connectivity index (χ0) is 32.0. The highest BCUT2D eigenvalue weighted by Gasteiger charge is 2.36. The normalized spacial score (nSPS) is 12.7. The monoisotopic (exact) mass is 597 g/mol. The lowest BCUT2D eigenvalue weighted by molar-refractivity contribution is -0.140. The minimum absolute atomic E-state index is 0.0635. The first-order valence-electron chi connectivity index (χ1n) is 14.5. The topological polar surface area (TPSA) is 128 Å². The quantitative estimate of drug-likeness (QED) is 0.181. The Morgan fingerprint density at radius 3 is 2.20 bits per heavy atom. The van der Waals surface area contributed by atoms with Crippen LogP contribution in [0, 0.1) is 6.92 Å². The lowest BCUT2D eigenvalue weighted by atomic mass is 9.98. The van der Waals surface area contributed by atoms with Crippen LogP contribution in [-0.4, -0.2) is 51.2 Å². The van der Waals surface area contributed by atoms with Crippen molar-refractivity contribution in [2.24, 2.45) is 0 Å². The van der Waals surface area contributed by atoms with E-state index in [0.717, 1.165) is 10.8 Å². The van der Waals surface area contributed by atoms with Crippen molar-refractivity contribution in [3.63, 3.8) is 0 Å². The number of nitrogens with zero attached hydrogens (tertiary/aromatic N) is 1. The molecule has 44 heavy (non-hydrogen) atoms. The van der Waals surface area contributed by atoms with Crippen LogP contribution in [0.4, 0.5) is 10.5 Å². The van der Waals surface area contributed by atoms with Crippen LogP contribution in [0.15, 0.2) is 84.9 Å². The Labute approximate surface area is 257 Å². The van der Waals surface area contributed by atoms with E-state index >= 15 is 0 Å². The van der Waals surface area contributed by atoms with Gasteiger partial charge in [0.25, 0.3) is 5.91 Å². The SMILES string of the molecule is CCN(C(=O)C(Cc1ccc(O)cc1)NC(=O)OC(C)(C)C)C(C(=O)Nc1ccc2ccccc2c1)c1ccc(O)c(C)c1. The van der Waals surface area contributed by atoms with Gasteiger partial charge in [0.2, 0.25) is 5.91 Å². The predicted octanol–water partition coefficient (Wildman–Crippen LogP) is 6.22. The minimum Gasteiger partial charge on any atom is -0.508 e. The first kappa shape index (κ1) is 31.9. The number of hydrogen-bond donors (Lipinski definition) is 4. The average Bonchev–Trinajstić information content (AvgIpc) is 2.96. The summed E-state index contributed by atoms with van der Waals surface area (Å²) in [7, 11) is 0. The van der Waals surface area contributed by atoms with Crippen molar-refractivity contribution in [1.29, 1.82) is 0 Å². The molecular formula is C35H39N3O6. The Bertz CT molecular complexity index is 1640. The minimum atomic E-state index is -1.10. The molecule has 0 saturated carbocycles. The summed E-state index contributed by atoms with van der Waals surface area (Å²) < 4.78 is 5.46. The fourth-order valence-corrected chi connectivity index (χ4v) is 4.98. The Morgan fingerprint density at radius 1 is 0.886 bits per heavy atom. The summed E-state index contributed by atoms with van der Waals surface area (Å²) in [4.78, 5) is 42.7. The van der Waals surface area contributed by atoms with Crippen LogP contribution in [-0.2, 0) is 20.7 Å². The number of carbonyl (C=O) groups excluding carboxylic acids is 3. The molecule has 4 aromatic rings. The van der Waals surface area contributed by atoms with Crippen molar-refractivity contribution >= 4 is 34.4 Å². The summed E-state index contributed by atoms with van der Waals surface area (Å²) >= 11 is 0. The molecule has 2 unspecified atom stereocenters. The van der Waals surface area contributed by atoms with Gasteiger partial charge < -0.3 is 30.5 Å². The molecule has 0 radical (unpaired) electrons. The number of ether oxygens (including phenoxy) is 1. The van der Waals surface area contributed by atoms with Crippen molar-refractivity contribution in [2.45, 2.75) is 58.7 Å². The van der Waals surface area contributed by atoms with E-state index in [1.807, 2.05) is 36.4 Å². The number of carbonyl (C=O) groups is 3. The Balaban J connectivity index is 1.72. The maximum absolute atomic E-state index is 14.3. The van der Waals surface area contributed by atoms with E-state index in [2.05, 4.69) is 10.6 Å². The molecule has 9 heteroatoms. The van der Waals surface area contributed by atoms with Crippen LogP contribution in [0.5, 0.6) is 11.5 Å². The van der Waals surface area contributed by atoms with Gasteiger partial charge in [0.05, 0.1) is 0 Å². The van der Waals surface area contributed by atoms with Gasteiger partial charge in [-0.25, -0.2) is 4.79 Å². The average molecular weight is 598 g/mol. The zero-order valence-corrected chi connectivity index (χ0v) is 25.6. The molecule has 0 heterocycles. The molecule has 2 atom stereocenters. The van der Waals surface area contributed by atoms with Crippen LogP contribution in [0.3, 0.4) is 0 Å². The number of fused-ring (bicyclic) bond motifs is 1. The number of aromatic hydroxyl groups is 2. The van der Waals surface area contributed by atoms with Gasteiger partial charge in [0.1, 0.15) is 29.2 Å². The summed E-state index contributed by atoms with van der Waals surface area (Å²) in [6.45, 7) is 8.78. The third kappa shape index (κ3) is 8.06. The van der Waals surface area contributed by atoms with Gasteiger partial charge in [-0.1, -0.05) is 48.5 Å². The van der Waals surface area contributed by atoms with Crippen LogP contribution >= 0.6 is 0 Å². The Morgan fingerprint density at radius 2 is 1.57 bits per heavy atom. The number of likely N-dealkylation sites (N-methyl/N-ethyl adjacent to an activating group) is 1. The van der Waals surface area contributed by atoms with Crippen LogP contribution in [0.2, 0.25) is 0 Å². The third-order valence-corrected chi connectivity index (χ3v) is 7.10. The van der Waals surface area contributed by atoms with E-state index in [4.69, 9.17) is 4.74 Å². The number of nitrogens with one attached hydrogen (secondary N) is 2. The van der Waals surface area contributed by atoms with E-state index in [-0.39, 0.29) is 24.5 Å². The maximum Gasteiger partial charge on any atom is 0.408 e. The van der Waals surface area contributed by atoms with Crippen LogP contribution < -0.4 is 10.6 Å². The fraction of sp³-hybridized carbons (Fsp3) is 0.286. The van der Waals surface area contributed by atoms with Gasteiger partial charge in [-0.3, -0.25) is 9.59 Å². The molecule has 0 aliphatic heterocycles. The molecule has 4 N–H and O–H groups in total. The van der Waals surface area contributed by atoms with Gasteiger partial charge in [-0.05, 0) is 98.5 Å². The molecule has 0 aliphatic rings. The Hall–Kier alpha value is -5.05. The fourth-order valence-electron chi connectivity index (χ4n) is 4.98. The second kappa shape index (κ2) is 13.5. The number of phenolic OH excluding ortho intramolecular Hbond substituents is 2. The number of hydrogen-bond acceptors (Lipinski definition) is 6. The highest BCUT2D eigenvalue weighted by atomic mass is 16.6. The number of benzene rings is 4. The second-order valence-electron chi connectivity index (χ2n) is 11.7. The summed E-state index contributed by atoms with van der Waals surface area (Å²) in [6.07, 6.45) is -0.689. The highest BCUT2D eigenvalue weighted by Crippen LogP contribution is 2.29. The predicted molar refractivity (Wildman–Crippen MR) is 171 cm³/mol. The van der Waals surface area contributed by atoms with Crippen molar-refractivity contribution in [3.8, 4) is 11.5 Å². The maximum atomic E-state index is 14.3. The molecule has 4 aromatic carbocycles. The molecule has 0 spiro atoms. The first-order valence-corrected chi connectivity index (χ1v) is 14.5. The lowest BCUT2D eigenvalue weighted by Gasteiger charge is -2.34. The van der Waals surface area contributed by atoms with Crippen molar-refractivity contribution < 1.29 is 29.3 Å². The smallest absolute Gasteiger partial charge is 0.408 e. The molecule has 0 saturated heterocycles. The van der Waals surface area contributed by atoms with Gasteiger partial charge in [0.15, 0.2) is 0 Å². The van der Waals surface area contributed by atoms with Crippen molar-refractivity contribution in [2.75, 3.05) is 11.9 Å². The van der Waals surface area contributed by atoms with E-state index in [1.54, 1.807) is 65.0 Å². The van der Waals surface area contributed by atoms with E-state index < -0.39 is 35.6 Å². The number of aryl methyl sites for hydroxylation is 1.